The maximum absolute atomic E-state index is 13.6. The van der Waals surface area contributed by atoms with Crippen LogP contribution in [0.4, 0.5) is 38.0 Å². The largest absolute Gasteiger partial charge is 0.478 e. The first-order chi connectivity index (χ1) is 16.6. The molecular formula is C21H13ClF6N4O3S. The molecule has 15 heteroatoms. The summed E-state index contributed by atoms with van der Waals surface area (Å²) in [7, 11) is 0. The van der Waals surface area contributed by atoms with Gasteiger partial charge in [-0.3, -0.25) is 4.79 Å². The van der Waals surface area contributed by atoms with Crippen LogP contribution < -0.4 is 5.32 Å². The van der Waals surface area contributed by atoms with Crippen molar-refractivity contribution in [3.8, 4) is 10.6 Å². The number of aryl methyl sites for hydroxylation is 1. The van der Waals surface area contributed by atoms with E-state index in [1.807, 2.05) is 0 Å². The Balaban J connectivity index is 1.69. The summed E-state index contributed by atoms with van der Waals surface area (Å²) in [5.74, 6) is -3.63. The second kappa shape index (κ2) is 8.92. The molecule has 36 heavy (non-hydrogen) atoms. The van der Waals surface area contributed by atoms with E-state index in [2.05, 4.69) is 15.3 Å². The monoisotopic (exact) mass is 550 g/mol. The van der Waals surface area contributed by atoms with Gasteiger partial charge in [0.05, 0.1) is 26.8 Å². The fourth-order valence-corrected chi connectivity index (χ4v) is 4.86. The molecule has 0 radical (unpaired) electrons. The van der Waals surface area contributed by atoms with Crippen LogP contribution in [0.25, 0.3) is 10.6 Å². The molecule has 0 bridgehead atoms. The molecule has 1 aliphatic heterocycles. The smallest absolute Gasteiger partial charge is 0.471 e. The first-order valence-electron chi connectivity index (χ1n) is 9.88. The molecule has 4 rings (SSSR count). The van der Waals surface area contributed by atoms with Crippen molar-refractivity contribution in [1.29, 1.82) is 0 Å². The lowest BCUT2D eigenvalue weighted by Crippen LogP contribution is -2.37. The van der Waals surface area contributed by atoms with Crippen molar-refractivity contribution in [2.45, 2.75) is 32.4 Å². The Morgan fingerprint density at radius 2 is 1.75 bits per heavy atom. The number of halogens is 7. The zero-order valence-corrected chi connectivity index (χ0v) is 19.5. The summed E-state index contributed by atoms with van der Waals surface area (Å²) in [5, 5.41) is 11.9. The predicted molar refractivity (Wildman–Crippen MR) is 117 cm³/mol. The van der Waals surface area contributed by atoms with E-state index in [0.29, 0.717) is 22.2 Å². The fraction of sp³-hybridized carbons (Fsp3) is 0.238. The van der Waals surface area contributed by atoms with E-state index in [1.54, 1.807) is 0 Å². The number of carboxylic acid groups (broad SMARTS) is 1. The van der Waals surface area contributed by atoms with E-state index in [0.717, 1.165) is 17.4 Å². The highest BCUT2D eigenvalue weighted by molar-refractivity contribution is 7.15. The number of fused-ring (bicyclic) bond motifs is 1. The molecule has 0 fully saturated rings. The van der Waals surface area contributed by atoms with Crippen LogP contribution in [0.3, 0.4) is 0 Å². The van der Waals surface area contributed by atoms with Crippen molar-refractivity contribution in [3.05, 3.63) is 56.5 Å². The van der Waals surface area contributed by atoms with Gasteiger partial charge in [-0.2, -0.15) is 26.3 Å². The van der Waals surface area contributed by atoms with Crippen molar-refractivity contribution in [2.24, 2.45) is 0 Å². The van der Waals surface area contributed by atoms with Crippen LogP contribution in [-0.2, 0) is 24.1 Å². The topological polar surface area (TPSA) is 95.4 Å². The Bertz CT molecular complexity index is 1390. The number of carbonyl (C=O) groups excluding carboxylic acids is 1. The van der Waals surface area contributed by atoms with Gasteiger partial charge in [0.1, 0.15) is 5.56 Å². The first-order valence-corrected chi connectivity index (χ1v) is 11.1. The third-order valence-electron chi connectivity index (χ3n) is 5.26. The molecule has 1 aliphatic rings. The van der Waals surface area contributed by atoms with Gasteiger partial charge in [0.2, 0.25) is 5.95 Å². The molecule has 3 heterocycles. The van der Waals surface area contributed by atoms with Gasteiger partial charge in [-0.25, -0.2) is 14.8 Å². The highest BCUT2D eigenvalue weighted by atomic mass is 35.5. The fourth-order valence-electron chi connectivity index (χ4n) is 3.61. The maximum atomic E-state index is 13.6. The van der Waals surface area contributed by atoms with Gasteiger partial charge in [-0.05, 0) is 36.2 Å². The molecule has 0 atom stereocenters. The SMILES string of the molecule is Cc1sc(-c2nc(Nc3cc4c(cc3Cl)CN(C(=O)C(F)(F)F)C4)ncc2C(F)(F)F)cc1C(=O)O. The van der Waals surface area contributed by atoms with E-state index in [-0.39, 0.29) is 45.1 Å². The third-order valence-corrected chi connectivity index (χ3v) is 6.63. The second-order valence-electron chi connectivity index (χ2n) is 7.72. The average Bonchev–Trinajstić information content (AvgIpc) is 3.35. The van der Waals surface area contributed by atoms with Gasteiger partial charge in [0.25, 0.3) is 0 Å². The number of thiophene rings is 1. The van der Waals surface area contributed by atoms with E-state index in [1.165, 1.54) is 19.1 Å². The Kier molecular flexibility index (Phi) is 6.37. The Morgan fingerprint density at radius 1 is 1.11 bits per heavy atom. The second-order valence-corrected chi connectivity index (χ2v) is 9.39. The number of hydrogen-bond acceptors (Lipinski definition) is 6. The molecule has 0 unspecified atom stereocenters. The molecule has 1 aromatic carbocycles. The third kappa shape index (κ3) is 4.95. The van der Waals surface area contributed by atoms with Gasteiger partial charge >= 0.3 is 24.2 Å². The molecule has 190 valence electrons. The normalized spacial score (nSPS) is 13.6. The van der Waals surface area contributed by atoms with E-state index >= 15 is 0 Å². The Hall–Kier alpha value is -3.39. The van der Waals surface area contributed by atoms with Crippen LogP contribution >= 0.6 is 22.9 Å². The molecule has 0 spiro atoms. The molecule has 0 aliphatic carbocycles. The summed E-state index contributed by atoms with van der Waals surface area (Å²) in [6, 6.07) is 3.79. The van der Waals surface area contributed by atoms with Gasteiger partial charge in [0.15, 0.2) is 0 Å². The number of amides is 1. The number of rotatable bonds is 4. The van der Waals surface area contributed by atoms with Gasteiger partial charge in [-0.1, -0.05) is 11.6 Å². The lowest BCUT2D eigenvalue weighted by molar-refractivity contribution is -0.186. The summed E-state index contributed by atoms with van der Waals surface area (Å²) in [6.07, 6.45) is -9.35. The molecule has 0 saturated carbocycles. The molecule has 2 aromatic heterocycles. The Morgan fingerprint density at radius 3 is 2.31 bits per heavy atom. The average molecular weight is 551 g/mol. The van der Waals surface area contributed by atoms with Crippen molar-refractivity contribution in [1.82, 2.24) is 14.9 Å². The van der Waals surface area contributed by atoms with Crippen molar-refractivity contribution < 1.29 is 41.0 Å². The number of anilines is 2. The van der Waals surface area contributed by atoms with Crippen LogP contribution in [0.2, 0.25) is 5.02 Å². The summed E-state index contributed by atoms with van der Waals surface area (Å²) in [5.41, 5.74) is -1.08. The maximum Gasteiger partial charge on any atom is 0.471 e. The molecule has 2 N–H and O–H groups in total. The zero-order chi connectivity index (χ0) is 26.6. The number of carboxylic acids is 1. The number of alkyl halides is 6. The van der Waals surface area contributed by atoms with Crippen LogP contribution in [0, 0.1) is 6.92 Å². The molecule has 7 nitrogen and oxygen atoms in total. The van der Waals surface area contributed by atoms with Crippen LogP contribution in [0.15, 0.2) is 24.4 Å². The van der Waals surface area contributed by atoms with Crippen LogP contribution in [-0.4, -0.2) is 38.0 Å². The Labute approximate surface area is 207 Å². The van der Waals surface area contributed by atoms with Crippen LogP contribution in [0.1, 0.15) is 31.9 Å². The molecular weight excluding hydrogens is 538 g/mol. The number of aromatic nitrogens is 2. The quantitative estimate of drug-likeness (QED) is 0.385. The number of carbonyl (C=O) groups is 2. The lowest BCUT2D eigenvalue weighted by Gasteiger charge is -2.16. The van der Waals surface area contributed by atoms with E-state index in [9.17, 15) is 41.0 Å². The molecule has 3 aromatic rings. The minimum absolute atomic E-state index is 0.0141. The number of benzene rings is 1. The minimum Gasteiger partial charge on any atom is -0.478 e. The zero-order valence-electron chi connectivity index (χ0n) is 17.9. The number of aromatic carboxylic acids is 1. The number of nitrogens with zero attached hydrogens (tertiary/aromatic N) is 3. The molecule has 1 amide bonds. The summed E-state index contributed by atoms with van der Waals surface area (Å²) >= 11 is 7.02. The van der Waals surface area contributed by atoms with Crippen molar-refractivity contribution in [3.63, 3.8) is 0 Å². The number of nitrogens with one attached hydrogen (secondary N) is 1. The van der Waals surface area contributed by atoms with Crippen molar-refractivity contribution in [2.75, 3.05) is 5.32 Å². The summed E-state index contributed by atoms with van der Waals surface area (Å²) < 4.78 is 79.2. The molecule has 0 saturated heterocycles. The van der Waals surface area contributed by atoms with E-state index in [4.69, 9.17) is 11.6 Å². The van der Waals surface area contributed by atoms with Gasteiger partial charge in [0, 0.05) is 24.2 Å². The van der Waals surface area contributed by atoms with Crippen LogP contribution in [0.5, 0.6) is 0 Å². The minimum atomic E-state index is -5.04. The summed E-state index contributed by atoms with van der Waals surface area (Å²) in [4.78, 5) is 31.3. The highest BCUT2D eigenvalue weighted by Crippen LogP contribution is 2.40. The standard InChI is InChI=1S/C21H13ClF6N4O3S/c1-8-11(17(33)34)4-15(36-8)16-12(20(23,24)25)5-29-19(31-16)30-14-3-10-7-32(18(35)21(26,27)28)6-9(10)2-13(14)22/h2-5H,6-7H2,1H3,(H,33,34)(H,29,30,31). The lowest BCUT2D eigenvalue weighted by atomic mass is 10.1. The van der Waals surface area contributed by atoms with E-state index < -0.39 is 35.5 Å². The first kappa shape index (κ1) is 25.7. The predicted octanol–water partition coefficient (Wildman–Crippen LogP) is 6.03. The summed E-state index contributed by atoms with van der Waals surface area (Å²) in [6.45, 7) is 0.797. The number of hydrogen-bond donors (Lipinski definition) is 2. The van der Waals surface area contributed by atoms with Gasteiger partial charge in [-0.15, -0.1) is 11.3 Å². The van der Waals surface area contributed by atoms with Crippen molar-refractivity contribution >= 4 is 46.4 Å². The highest BCUT2D eigenvalue weighted by Gasteiger charge is 2.44. The van der Waals surface area contributed by atoms with Gasteiger partial charge < -0.3 is 15.3 Å².